The summed E-state index contributed by atoms with van der Waals surface area (Å²) in [6, 6.07) is 8.20. The Morgan fingerprint density at radius 3 is 3.00 bits per heavy atom. The molecule has 20 heavy (non-hydrogen) atoms. The quantitative estimate of drug-likeness (QED) is 0.785. The molecule has 4 heteroatoms. The lowest BCUT2D eigenvalue weighted by atomic mass is 10.2. The van der Waals surface area contributed by atoms with E-state index in [0.29, 0.717) is 0 Å². The van der Waals surface area contributed by atoms with Crippen molar-refractivity contribution in [3.63, 3.8) is 0 Å². The van der Waals surface area contributed by atoms with E-state index in [1.165, 1.54) is 19.5 Å². The molecule has 1 aliphatic heterocycles. The van der Waals surface area contributed by atoms with Crippen molar-refractivity contribution in [3.8, 4) is 5.88 Å². The molecule has 1 atom stereocenters. The van der Waals surface area contributed by atoms with Crippen LogP contribution in [0.1, 0.15) is 19.8 Å². The minimum Gasteiger partial charge on any atom is -0.476 e. The minimum absolute atomic E-state index is 0.742. The standard InChI is InChI=1S/C16H23N3O/c1-13-8-10-19(12-13)9-5-11-20-16-14-6-3-4-7-15(14)18(2)17-16/h3-4,6-7,13H,5,8-12H2,1-2H3. The average molecular weight is 273 g/mol. The van der Waals surface area contributed by atoms with E-state index in [-0.39, 0.29) is 0 Å². The van der Waals surface area contributed by atoms with Crippen molar-refractivity contribution < 1.29 is 4.74 Å². The molecule has 0 saturated carbocycles. The second kappa shape index (κ2) is 5.83. The summed E-state index contributed by atoms with van der Waals surface area (Å²) < 4.78 is 7.75. The van der Waals surface area contributed by atoms with Crippen LogP contribution in [0.5, 0.6) is 5.88 Å². The lowest BCUT2D eigenvalue weighted by Gasteiger charge is -2.14. The van der Waals surface area contributed by atoms with Gasteiger partial charge in [-0.2, -0.15) is 0 Å². The highest BCUT2D eigenvalue weighted by atomic mass is 16.5. The van der Waals surface area contributed by atoms with Crippen LogP contribution in [-0.4, -0.2) is 40.9 Å². The first-order valence-corrected chi connectivity index (χ1v) is 7.51. The van der Waals surface area contributed by atoms with Gasteiger partial charge in [-0.3, -0.25) is 4.68 Å². The lowest BCUT2D eigenvalue weighted by Crippen LogP contribution is -2.23. The van der Waals surface area contributed by atoms with Crippen molar-refractivity contribution in [3.05, 3.63) is 24.3 Å². The van der Waals surface area contributed by atoms with Crippen LogP contribution in [0.2, 0.25) is 0 Å². The van der Waals surface area contributed by atoms with Gasteiger partial charge in [-0.25, -0.2) is 0 Å². The normalized spacial score (nSPS) is 19.8. The van der Waals surface area contributed by atoms with Gasteiger partial charge in [0.15, 0.2) is 0 Å². The highest BCUT2D eigenvalue weighted by molar-refractivity contribution is 5.84. The Morgan fingerprint density at radius 1 is 1.35 bits per heavy atom. The number of likely N-dealkylation sites (tertiary alicyclic amines) is 1. The van der Waals surface area contributed by atoms with Gasteiger partial charge in [-0.1, -0.05) is 19.1 Å². The molecule has 0 radical (unpaired) electrons. The molecule has 2 heterocycles. The molecule has 1 aromatic heterocycles. The molecule has 1 aliphatic rings. The molecule has 0 N–H and O–H groups in total. The molecule has 108 valence electrons. The molecule has 0 spiro atoms. The van der Waals surface area contributed by atoms with Gasteiger partial charge in [0.25, 0.3) is 0 Å². The third-order valence-corrected chi connectivity index (χ3v) is 4.09. The Morgan fingerprint density at radius 2 is 2.20 bits per heavy atom. The number of rotatable bonds is 5. The highest BCUT2D eigenvalue weighted by Crippen LogP contribution is 2.24. The van der Waals surface area contributed by atoms with E-state index < -0.39 is 0 Å². The summed E-state index contributed by atoms with van der Waals surface area (Å²) in [5, 5.41) is 5.55. The van der Waals surface area contributed by atoms with Crippen molar-refractivity contribution >= 4 is 10.9 Å². The monoisotopic (exact) mass is 273 g/mol. The van der Waals surface area contributed by atoms with Crippen LogP contribution in [0.4, 0.5) is 0 Å². The predicted octanol–water partition coefficient (Wildman–Crippen LogP) is 2.68. The number of aromatic nitrogens is 2. The first kappa shape index (κ1) is 13.4. The SMILES string of the molecule is CC1CCN(CCCOc2nn(C)c3ccccc23)C1. The van der Waals surface area contributed by atoms with Crippen molar-refractivity contribution in [2.75, 3.05) is 26.2 Å². The Labute approximate surface area is 120 Å². The molecule has 1 fully saturated rings. The second-order valence-corrected chi connectivity index (χ2v) is 5.84. The van der Waals surface area contributed by atoms with Gasteiger partial charge in [0.05, 0.1) is 17.5 Å². The zero-order chi connectivity index (χ0) is 13.9. The average Bonchev–Trinajstić information content (AvgIpc) is 3.00. The van der Waals surface area contributed by atoms with E-state index in [1.54, 1.807) is 0 Å². The fourth-order valence-electron chi connectivity index (χ4n) is 2.97. The Hall–Kier alpha value is -1.55. The molecular weight excluding hydrogens is 250 g/mol. The van der Waals surface area contributed by atoms with Gasteiger partial charge in [-0.15, -0.1) is 5.10 Å². The van der Waals surface area contributed by atoms with E-state index in [9.17, 15) is 0 Å². The van der Waals surface area contributed by atoms with Crippen LogP contribution in [0.3, 0.4) is 0 Å². The van der Waals surface area contributed by atoms with Gasteiger partial charge >= 0.3 is 0 Å². The van der Waals surface area contributed by atoms with Gasteiger partial charge in [-0.05, 0) is 37.4 Å². The van der Waals surface area contributed by atoms with Crippen LogP contribution in [0.25, 0.3) is 10.9 Å². The van der Waals surface area contributed by atoms with Crippen molar-refractivity contribution in [1.82, 2.24) is 14.7 Å². The number of hydrogen-bond acceptors (Lipinski definition) is 3. The zero-order valence-corrected chi connectivity index (χ0v) is 12.4. The third-order valence-electron chi connectivity index (χ3n) is 4.09. The smallest absolute Gasteiger partial charge is 0.240 e. The molecule has 2 aromatic rings. The molecule has 4 nitrogen and oxygen atoms in total. The summed E-state index contributed by atoms with van der Waals surface area (Å²) in [5.41, 5.74) is 1.12. The van der Waals surface area contributed by atoms with Gasteiger partial charge in [0, 0.05) is 20.1 Å². The number of fused-ring (bicyclic) bond motifs is 1. The number of hydrogen-bond donors (Lipinski definition) is 0. The topological polar surface area (TPSA) is 30.3 Å². The van der Waals surface area contributed by atoms with Gasteiger partial charge < -0.3 is 9.64 Å². The number of para-hydroxylation sites is 1. The van der Waals surface area contributed by atoms with Crippen LogP contribution < -0.4 is 4.74 Å². The minimum atomic E-state index is 0.742. The Kier molecular flexibility index (Phi) is 3.92. The Bertz CT molecular complexity index is 578. The third kappa shape index (κ3) is 2.80. The molecule has 1 unspecified atom stereocenters. The molecule has 3 rings (SSSR count). The Balaban J connectivity index is 1.52. The number of nitrogens with zero attached hydrogens (tertiary/aromatic N) is 3. The van der Waals surface area contributed by atoms with E-state index in [2.05, 4.69) is 29.1 Å². The summed E-state index contributed by atoms with van der Waals surface area (Å²) in [6.07, 6.45) is 2.41. The summed E-state index contributed by atoms with van der Waals surface area (Å²) in [4.78, 5) is 2.53. The fourth-order valence-corrected chi connectivity index (χ4v) is 2.97. The van der Waals surface area contributed by atoms with Gasteiger partial charge in [0.1, 0.15) is 0 Å². The van der Waals surface area contributed by atoms with Crippen LogP contribution in [-0.2, 0) is 7.05 Å². The first-order chi connectivity index (χ1) is 9.74. The van der Waals surface area contributed by atoms with E-state index >= 15 is 0 Å². The summed E-state index contributed by atoms with van der Waals surface area (Å²) in [6.45, 7) is 6.69. The molecule has 1 saturated heterocycles. The van der Waals surface area contributed by atoms with Crippen molar-refractivity contribution in [2.24, 2.45) is 13.0 Å². The summed E-state index contributed by atoms with van der Waals surface area (Å²) in [7, 11) is 1.96. The van der Waals surface area contributed by atoms with Crippen molar-refractivity contribution in [1.29, 1.82) is 0 Å². The zero-order valence-electron chi connectivity index (χ0n) is 12.4. The van der Waals surface area contributed by atoms with Crippen LogP contribution in [0.15, 0.2) is 24.3 Å². The highest BCUT2D eigenvalue weighted by Gasteiger charge is 2.17. The number of benzene rings is 1. The lowest BCUT2D eigenvalue weighted by molar-refractivity contribution is 0.254. The summed E-state index contributed by atoms with van der Waals surface area (Å²) in [5.74, 6) is 1.62. The van der Waals surface area contributed by atoms with Crippen molar-refractivity contribution in [2.45, 2.75) is 19.8 Å². The fraction of sp³-hybridized carbons (Fsp3) is 0.562. The van der Waals surface area contributed by atoms with Crippen LogP contribution >= 0.6 is 0 Å². The molecule has 0 aliphatic carbocycles. The van der Waals surface area contributed by atoms with E-state index in [1.807, 2.05) is 23.9 Å². The predicted molar refractivity (Wildman–Crippen MR) is 81.0 cm³/mol. The first-order valence-electron chi connectivity index (χ1n) is 7.51. The maximum atomic E-state index is 5.87. The maximum absolute atomic E-state index is 5.87. The number of aryl methyl sites for hydroxylation is 1. The summed E-state index contributed by atoms with van der Waals surface area (Å²) >= 11 is 0. The number of ether oxygens (including phenoxy) is 1. The van der Waals surface area contributed by atoms with Crippen LogP contribution in [0, 0.1) is 5.92 Å². The molecule has 0 amide bonds. The van der Waals surface area contributed by atoms with Gasteiger partial charge in [0.2, 0.25) is 5.88 Å². The van der Waals surface area contributed by atoms with E-state index in [0.717, 1.165) is 42.3 Å². The molecular formula is C16H23N3O. The molecule has 0 bridgehead atoms. The second-order valence-electron chi connectivity index (χ2n) is 5.84. The maximum Gasteiger partial charge on any atom is 0.240 e. The largest absolute Gasteiger partial charge is 0.476 e. The van der Waals surface area contributed by atoms with E-state index in [4.69, 9.17) is 4.74 Å². The molecule has 1 aromatic carbocycles.